The van der Waals surface area contributed by atoms with E-state index in [1.54, 1.807) is 0 Å². The maximum absolute atomic E-state index is 13.8. The number of esters is 1. The molecule has 0 bridgehead atoms. The second-order valence-electron chi connectivity index (χ2n) is 9.44. The van der Waals surface area contributed by atoms with E-state index in [2.05, 4.69) is 63.7 Å². The fourth-order valence-electron chi connectivity index (χ4n) is 4.35. The number of carbonyl (C=O) groups excluding carboxylic acids is 5. The highest BCUT2D eigenvalue weighted by Gasteiger charge is 2.46. The van der Waals surface area contributed by atoms with Crippen molar-refractivity contribution in [3.05, 3.63) is 134 Å². The molecule has 0 radical (unpaired) electrons. The Hall–Kier alpha value is -3.76. The average Bonchev–Trinajstić information content (AvgIpc) is 3.31. The predicted octanol–water partition coefficient (Wildman–Crippen LogP) is 8.05. The first kappa shape index (κ1) is 33.6. The number of imide groups is 1. The number of nitro groups is 1. The molecule has 0 atom stereocenters. The summed E-state index contributed by atoms with van der Waals surface area (Å²) in [6, 6.07) is 15.9. The number of halogens is 5. The molecule has 46 heavy (non-hydrogen) atoms. The highest BCUT2D eigenvalue weighted by molar-refractivity contribution is 9.15. The van der Waals surface area contributed by atoms with Crippen molar-refractivity contribution in [1.82, 2.24) is 10.0 Å². The molecular formula is C30H14Br4ClN3O8. The van der Waals surface area contributed by atoms with Gasteiger partial charge < -0.3 is 4.74 Å². The van der Waals surface area contributed by atoms with Gasteiger partial charge in [0.25, 0.3) is 23.4 Å². The van der Waals surface area contributed by atoms with E-state index >= 15 is 0 Å². The Bertz CT molecular complexity index is 1920. The first-order valence-corrected chi connectivity index (χ1v) is 16.3. The van der Waals surface area contributed by atoms with Crippen LogP contribution in [-0.4, -0.2) is 51.0 Å². The molecular weight excluding hydrogens is 885 g/mol. The van der Waals surface area contributed by atoms with E-state index < -0.39 is 40.9 Å². The number of fused-ring (bicyclic) bond motifs is 1. The molecule has 1 aliphatic rings. The maximum Gasteiger partial charge on any atom is 0.343 e. The number of benzene rings is 4. The minimum atomic E-state index is -0.843. The molecule has 4 aromatic carbocycles. The van der Waals surface area contributed by atoms with Gasteiger partial charge in [0.15, 0.2) is 5.78 Å². The zero-order chi connectivity index (χ0) is 33.4. The Morgan fingerprint density at radius 2 is 1.22 bits per heavy atom. The number of ether oxygens (including phenoxy) is 1. The van der Waals surface area contributed by atoms with E-state index in [4.69, 9.17) is 16.3 Å². The summed E-state index contributed by atoms with van der Waals surface area (Å²) < 4.78 is 6.72. The van der Waals surface area contributed by atoms with Crippen LogP contribution < -0.4 is 4.74 Å². The minimum Gasteiger partial charge on any atom is -0.423 e. The van der Waals surface area contributed by atoms with Crippen LogP contribution in [0, 0.1) is 10.1 Å². The Labute approximate surface area is 298 Å². The summed E-state index contributed by atoms with van der Waals surface area (Å²) in [5.74, 6) is -3.87. The van der Waals surface area contributed by atoms with Gasteiger partial charge in [-0.15, -0.1) is 0 Å². The number of carbonyl (C=O) groups is 5. The van der Waals surface area contributed by atoms with Gasteiger partial charge in [-0.05, 0) is 124 Å². The van der Waals surface area contributed by atoms with Crippen LogP contribution in [0.1, 0.15) is 51.8 Å². The molecule has 0 N–H and O–H groups in total. The van der Waals surface area contributed by atoms with Gasteiger partial charge in [-0.25, -0.2) is 9.80 Å². The van der Waals surface area contributed by atoms with Gasteiger partial charge in [0.2, 0.25) is 0 Å². The maximum atomic E-state index is 13.8. The Balaban J connectivity index is 1.42. The quantitative estimate of drug-likeness (QED) is 0.0253. The molecule has 0 spiro atoms. The van der Waals surface area contributed by atoms with Crippen molar-refractivity contribution in [2.45, 2.75) is 0 Å². The average molecular weight is 900 g/mol. The van der Waals surface area contributed by atoms with Crippen LogP contribution in [0.25, 0.3) is 0 Å². The molecule has 1 aliphatic heterocycles. The molecule has 3 amide bonds. The monoisotopic (exact) mass is 895 g/mol. The van der Waals surface area contributed by atoms with E-state index in [-0.39, 0.29) is 48.2 Å². The van der Waals surface area contributed by atoms with Gasteiger partial charge in [0, 0.05) is 46.2 Å². The van der Waals surface area contributed by atoms with Crippen molar-refractivity contribution in [2.24, 2.45) is 0 Å². The van der Waals surface area contributed by atoms with Gasteiger partial charge in [0.1, 0.15) is 12.3 Å². The number of Topliss-reactive ketones (excluding diaryl/α,β-unsaturated/α-hetero) is 1. The summed E-state index contributed by atoms with van der Waals surface area (Å²) in [6.07, 6.45) is 0. The summed E-state index contributed by atoms with van der Waals surface area (Å²) in [6.45, 7) is -0.716. The molecule has 5 rings (SSSR count). The van der Waals surface area contributed by atoms with Gasteiger partial charge >= 0.3 is 5.97 Å². The third kappa shape index (κ3) is 6.42. The van der Waals surface area contributed by atoms with Gasteiger partial charge in [0.05, 0.1) is 21.6 Å². The van der Waals surface area contributed by atoms with Crippen molar-refractivity contribution < 1.29 is 33.6 Å². The number of amides is 3. The summed E-state index contributed by atoms with van der Waals surface area (Å²) >= 11 is 19.4. The fourth-order valence-corrected chi connectivity index (χ4v) is 6.94. The molecule has 0 fully saturated rings. The SMILES string of the molecule is O=C(CN(C(=O)c1ccc(Cl)cc1)N1C(=O)c2c(Br)c(Br)c(Br)c(Br)c2C1=O)c1ccc(OC(=O)c2ccc([N+](=O)[O-])cc2)cc1. The van der Waals surface area contributed by atoms with Gasteiger partial charge in [-0.3, -0.25) is 29.3 Å². The van der Waals surface area contributed by atoms with E-state index in [1.165, 1.54) is 72.8 Å². The lowest BCUT2D eigenvalue weighted by Gasteiger charge is -2.29. The number of non-ortho nitro benzene ring substituents is 1. The summed E-state index contributed by atoms with van der Waals surface area (Å²) in [5.41, 5.74) is -0.0261. The molecule has 0 saturated carbocycles. The van der Waals surface area contributed by atoms with Crippen molar-refractivity contribution in [1.29, 1.82) is 0 Å². The van der Waals surface area contributed by atoms with Gasteiger partial charge in [-0.1, -0.05) is 11.6 Å². The van der Waals surface area contributed by atoms with Crippen LogP contribution >= 0.6 is 75.3 Å². The second-order valence-corrected chi connectivity index (χ2v) is 13.0. The van der Waals surface area contributed by atoms with E-state index in [0.717, 1.165) is 5.01 Å². The number of rotatable bonds is 8. The van der Waals surface area contributed by atoms with Crippen molar-refractivity contribution >= 4 is 110 Å². The number of nitrogens with zero attached hydrogens (tertiary/aromatic N) is 3. The smallest absolute Gasteiger partial charge is 0.343 e. The van der Waals surface area contributed by atoms with Crippen molar-refractivity contribution in [3.8, 4) is 5.75 Å². The topological polar surface area (TPSA) is 144 Å². The Morgan fingerprint density at radius 1 is 0.739 bits per heavy atom. The van der Waals surface area contributed by atoms with E-state index in [0.29, 0.717) is 19.0 Å². The molecule has 0 aromatic heterocycles. The van der Waals surface area contributed by atoms with Crippen LogP contribution in [0.5, 0.6) is 5.75 Å². The molecule has 11 nitrogen and oxygen atoms in total. The molecule has 0 aliphatic carbocycles. The third-order valence-electron chi connectivity index (χ3n) is 6.64. The van der Waals surface area contributed by atoms with Crippen LogP contribution in [0.2, 0.25) is 5.02 Å². The molecule has 232 valence electrons. The van der Waals surface area contributed by atoms with E-state index in [1.807, 2.05) is 0 Å². The molecule has 0 saturated heterocycles. The third-order valence-corrected chi connectivity index (χ3v) is 11.7. The number of hydrogen-bond acceptors (Lipinski definition) is 8. The number of hydrazine groups is 1. The van der Waals surface area contributed by atoms with Gasteiger partial charge in [-0.2, -0.15) is 5.01 Å². The zero-order valence-corrected chi connectivity index (χ0v) is 29.7. The van der Waals surface area contributed by atoms with Crippen LogP contribution in [0.4, 0.5) is 5.69 Å². The van der Waals surface area contributed by atoms with E-state index in [9.17, 15) is 34.1 Å². The van der Waals surface area contributed by atoms with Crippen molar-refractivity contribution in [2.75, 3.05) is 6.54 Å². The molecule has 0 unspecified atom stereocenters. The first-order chi connectivity index (χ1) is 21.8. The number of nitro benzene ring substituents is 1. The first-order valence-electron chi connectivity index (χ1n) is 12.7. The fraction of sp³-hybridized carbons (Fsp3) is 0.0333. The number of ketones is 1. The molecule has 1 heterocycles. The van der Waals surface area contributed by atoms with Crippen LogP contribution in [0.3, 0.4) is 0 Å². The summed E-state index contributed by atoms with van der Waals surface area (Å²) in [7, 11) is 0. The lowest BCUT2D eigenvalue weighted by atomic mass is 10.1. The Kier molecular flexibility index (Phi) is 9.89. The van der Waals surface area contributed by atoms with Crippen molar-refractivity contribution in [3.63, 3.8) is 0 Å². The zero-order valence-electron chi connectivity index (χ0n) is 22.6. The standard InChI is InChI=1S/C30H14Br4ClN3O8/c31-23-21-22(24(32)26(34)25(23)33)29(42)37(28(21)41)36(27(40)15-1-7-17(35)8-2-15)13-20(39)14-5-11-19(12-6-14)46-30(43)16-3-9-18(10-4-16)38(44)45/h1-12H,13H2. The summed E-state index contributed by atoms with van der Waals surface area (Å²) in [5, 5.41) is 12.6. The molecule has 16 heteroatoms. The predicted molar refractivity (Wildman–Crippen MR) is 179 cm³/mol. The lowest BCUT2D eigenvalue weighted by molar-refractivity contribution is -0.384. The minimum absolute atomic E-state index is 0.0208. The van der Waals surface area contributed by atoms with Crippen LogP contribution in [0.15, 0.2) is 90.7 Å². The summed E-state index contributed by atoms with van der Waals surface area (Å²) in [4.78, 5) is 77.5. The normalized spacial score (nSPS) is 12.2. The Morgan fingerprint density at radius 3 is 1.72 bits per heavy atom. The highest BCUT2D eigenvalue weighted by atomic mass is 79.9. The lowest BCUT2D eigenvalue weighted by Crippen LogP contribution is -2.51. The highest BCUT2D eigenvalue weighted by Crippen LogP contribution is 2.45. The van der Waals surface area contributed by atoms with Crippen LogP contribution in [-0.2, 0) is 0 Å². The largest absolute Gasteiger partial charge is 0.423 e. The second kappa shape index (κ2) is 13.5. The molecule has 4 aromatic rings. The number of hydrogen-bond donors (Lipinski definition) is 0.